The normalized spacial score (nSPS) is 11.5. The number of pyridine rings is 1. The zero-order valence-corrected chi connectivity index (χ0v) is 11.7. The van der Waals surface area contributed by atoms with E-state index in [2.05, 4.69) is 30.3 Å². The summed E-state index contributed by atoms with van der Waals surface area (Å²) < 4.78 is 26.4. The lowest BCUT2D eigenvalue weighted by Gasteiger charge is -2.07. The Morgan fingerprint density at radius 1 is 1.40 bits per heavy atom. The zero-order valence-electron chi connectivity index (χ0n) is 10.2. The Bertz CT molecular complexity index is 674. The smallest absolute Gasteiger partial charge is 0.242 e. The molecule has 0 bridgehead atoms. The van der Waals surface area contributed by atoms with Crippen molar-refractivity contribution in [3.05, 3.63) is 29.4 Å². The number of hydrogen-bond donors (Lipinski definition) is 4. The monoisotopic (exact) mass is 317 g/mol. The molecule has 108 valence electrons. The molecule has 0 aliphatic carbocycles. The van der Waals surface area contributed by atoms with Gasteiger partial charge in [-0.2, -0.15) is 5.10 Å². The van der Waals surface area contributed by atoms with E-state index in [1.807, 2.05) is 0 Å². The van der Waals surface area contributed by atoms with Crippen molar-refractivity contribution >= 4 is 27.4 Å². The number of rotatable bonds is 6. The maximum Gasteiger partial charge on any atom is 0.242 e. The molecule has 0 radical (unpaired) electrons. The minimum atomic E-state index is -3.69. The molecule has 0 atom stereocenters. The van der Waals surface area contributed by atoms with E-state index < -0.39 is 10.0 Å². The summed E-state index contributed by atoms with van der Waals surface area (Å²) in [5, 5.41) is 6.42. The Balaban J connectivity index is 2.04. The van der Waals surface area contributed by atoms with Crippen molar-refractivity contribution in [1.82, 2.24) is 24.9 Å². The van der Waals surface area contributed by atoms with Crippen LogP contribution in [0, 0.1) is 0 Å². The topological polar surface area (TPSA) is 139 Å². The third-order valence-corrected chi connectivity index (χ3v) is 4.10. The minimum Gasteiger partial charge on any atom is -0.307 e. The lowest BCUT2D eigenvalue weighted by molar-refractivity contribution is 0.580. The number of anilines is 1. The lowest BCUT2D eigenvalue weighted by atomic mass is 10.4. The number of H-pyrrole nitrogens is 1. The van der Waals surface area contributed by atoms with Crippen molar-refractivity contribution in [1.29, 1.82) is 0 Å². The Morgan fingerprint density at radius 2 is 2.20 bits per heavy atom. The van der Waals surface area contributed by atoms with E-state index in [1.165, 1.54) is 12.4 Å². The van der Waals surface area contributed by atoms with Gasteiger partial charge >= 0.3 is 0 Å². The number of nitrogens with zero attached hydrogens (tertiary/aromatic N) is 3. The Hall–Kier alpha value is -1.75. The van der Waals surface area contributed by atoms with Crippen molar-refractivity contribution < 1.29 is 8.42 Å². The highest BCUT2D eigenvalue weighted by Crippen LogP contribution is 2.21. The van der Waals surface area contributed by atoms with Crippen LogP contribution in [0.4, 0.5) is 5.82 Å². The molecular formula is C9H12ClN7O2S. The first-order chi connectivity index (χ1) is 9.53. The van der Waals surface area contributed by atoms with Crippen LogP contribution in [0.1, 0.15) is 5.82 Å². The summed E-state index contributed by atoms with van der Waals surface area (Å²) in [6.45, 7) is 0.173. The van der Waals surface area contributed by atoms with Crippen LogP contribution >= 0.6 is 11.6 Å². The number of hydrogen-bond acceptors (Lipinski definition) is 7. The second-order valence-electron chi connectivity index (χ2n) is 3.73. The van der Waals surface area contributed by atoms with Gasteiger partial charge < -0.3 is 5.43 Å². The maximum absolute atomic E-state index is 12.0. The second-order valence-corrected chi connectivity index (χ2v) is 5.90. The van der Waals surface area contributed by atoms with Crippen LogP contribution in [0.5, 0.6) is 0 Å². The standard InChI is InChI=1S/C9H12ClN7O2S/c10-7-3-6(4-12-9(7)16-11)20(18,19)15-2-1-8-13-5-14-17-8/h3-5,15H,1-2,11H2,(H,12,16)(H,13,14,17). The molecule has 0 saturated heterocycles. The molecule has 2 rings (SSSR count). The van der Waals surface area contributed by atoms with Gasteiger partial charge in [0.15, 0.2) is 5.82 Å². The predicted molar refractivity (Wildman–Crippen MR) is 72.3 cm³/mol. The van der Waals surface area contributed by atoms with Gasteiger partial charge in [-0.3, -0.25) is 5.10 Å². The number of sulfonamides is 1. The molecule has 0 unspecified atom stereocenters. The van der Waals surface area contributed by atoms with Crippen molar-refractivity contribution in [2.24, 2.45) is 5.84 Å². The van der Waals surface area contributed by atoms with Gasteiger partial charge in [-0.05, 0) is 6.07 Å². The van der Waals surface area contributed by atoms with E-state index in [9.17, 15) is 8.42 Å². The van der Waals surface area contributed by atoms with Gasteiger partial charge in [0, 0.05) is 19.2 Å². The number of aromatic nitrogens is 4. The third kappa shape index (κ3) is 3.42. The van der Waals surface area contributed by atoms with Crippen LogP contribution in [0.25, 0.3) is 0 Å². The minimum absolute atomic E-state index is 0.0425. The number of aromatic amines is 1. The molecule has 2 heterocycles. The number of halogens is 1. The summed E-state index contributed by atoms with van der Waals surface area (Å²) in [7, 11) is -3.69. The Labute approximate surface area is 120 Å². The van der Waals surface area contributed by atoms with Gasteiger partial charge in [0.05, 0.1) is 5.02 Å². The zero-order chi connectivity index (χ0) is 14.6. The SMILES string of the molecule is NNc1ncc(S(=O)(=O)NCCc2ncn[nH]2)cc1Cl. The van der Waals surface area contributed by atoms with Crippen LogP contribution in [-0.4, -0.2) is 35.1 Å². The Kier molecular flexibility index (Phi) is 4.49. The fourth-order valence-corrected chi connectivity index (χ4v) is 2.70. The first-order valence-corrected chi connectivity index (χ1v) is 7.35. The first kappa shape index (κ1) is 14.7. The molecular weight excluding hydrogens is 306 g/mol. The summed E-state index contributed by atoms with van der Waals surface area (Å²) in [5.74, 6) is 5.96. The van der Waals surface area contributed by atoms with E-state index in [0.29, 0.717) is 12.2 Å². The van der Waals surface area contributed by atoms with Gasteiger partial charge in [-0.1, -0.05) is 11.6 Å². The highest BCUT2D eigenvalue weighted by atomic mass is 35.5. The van der Waals surface area contributed by atoms with E-state index in [-0.39, 0.29) is 22.3 Å². The van der Waals surface area contributed by atoms with Crippen LogP contribution in [0.2, 0.25) is 5.02 Å². The van der Waals surface area contributed by atoms with Crippen LogP contribution in [0.3, 0.4) is 0 Å². The number of nitrogens with one attached hydrogen (secondary N) is 3. The molecule has 0 spiro atoms. The second kappa shape index (κ2) is 6.13. The number of nitrogens with two attached hydrogens (primary N) is 1. The number of nitrogen functional groups attached to an aromatic ring is 1. The van der Waals surface area contributed by atoms with E-state index in [4.69, 9.17) is 17.4 Å². The van der Waals surface area contributed by atoms with Crippen molar-refractivity contribution in [2.75, 3.05) is 12.0 Å². The number of hydrazine groups is 1. The van der Waals surface area contributed by atoms with E-state index in [1.54, 1.807) is 0 Å². The molecule has 5 N–H and O–H groups in total. The summed E-state index contributed by atoms with van der Waals surface area (Å²) in [6.07, 6.45) is 2.91. The summed E-state index contributed by atoms with van der Waals surface area (Å²) in [6, 6.07) is 1.26. The molecule has 20 heavy (non-hydrogen) atoms. The molecule has 0 aromatic carbocycles. The van der Waals surface area contributed by atoms with Gasteiger partial charge in [-0.25, -0.2) is 29.0 Å². The van der Waals surface area contributed by atoms with Gasteiger partial charge in [0.2, 0.25) is 10.0 Å². The maximum atomic E-state index is 12.0. The van der Waals surface area contributed by atoms with E-state index >= 15 is 0 Å². The fraction of sp³-hybridized carbons (Fsp3) is 0.222. The average Bonchev–Trinajstić information content (AvgIpc) is 2.91. The average molecular weight is 318 g/mol. The fourth-order valence-electron chi connectivity index (χ4n) is 1.41. The largest absolute Gasteiger partial charge is 0.307 e. The highest BCUT2D eigenvalue weighted by Gasteiger charge is 2.16. The first-order valence-electron chi connectivity index (χ1n) is 5.49. The molecule has 0 aliphatic rings. The molecule has 0 saturated carbocycles. The summed E-state index contributed by atoms with van der Waals surface area (Å²) >= 11 is 5.83. The third-order valence-electron chi connectivity index (χ3n) is 2.38. The van der Waals surface area contributed by atoms with Crippen molar-refractivity contribution in [2.45, 2.75) is 11.3 Å². The molecule has 0 aliphatic heterocycles. The predicted octanol–water partition coefficient (Wildman–Crippen LogP) is -0.340. The quantitative estimate of drug-likeness (QED) is 0.422. The summed E-state index contributed by atoms with van der Waals surface area (Å²) in [4.78, 5) is 7.65. The highest BCUT2D eigenvalue weighted by molar-refractivity contribution is 7.89. The van der Waals surface area contributed by atoms with Gasteiger partial charge in [0.1, 0.15) is 17.0 Å². The molecule has 2 aromatic rings. The van der Waals surface area contributed by atoms with Crippen LogP contribution < -0.4 is 16.0 Å². The van der Waals surface area contributed by atoms with Crippen molar-refractivity contribution in [3.63, 3.8) is 0 Å². The molecule has 2 aromatic heterocycles. The van der Waals surface area contributed by atoms with Crippen molar-refractivity contribution in [3.8, 4) is 0 Å². The molecule has 0 amide bonds. The molecule has 11 heteroatoms. The van der Waals surface area contributed by atoms with Gasteiger partial charge in [-0.15, -0.1) is 0 Å². The van der Waals surface area contributed by atoms with Crippen LogP contribution in [0.15, 0.2) is 23.5 Å². The van der Waals surface area contributed by atoms with Gasteiger partial charge in [0.25, 0.3) is 0 Å². The Morgan fingerprint density at radius 3 is 2.80 bits per heavy atom. The molecule has 0 fully saturated rings. The summed E-state index contributed by atoms with van der Waals surface area (Å²) in [5.41, 5.74) is 2.26. The van der Waals surface area contributed by atoms with Crippen LogP contribution in [-0.2, 0) is 16.4 Å². The molecule has 9 nitrogen and oxygen atoms in total. The lowest BCUT2D eigenvalue weighted by Crippen LogP contribution is -2.26. The van der Waals surface area contributed by atoms with E-state index in [0.717, 1.165) is 6.20 Å².